The third-order valence-corrected chi connectivity index (χ3v) is 8.82. The van der Waals surface area contributed by atoms with Crippen molar-refractivity contribution in [3.8, 4) is 5.75 Å². The van der Waals surface area contributed by atoms with E-state index in [1.54, 1.807) is 0 Å². The van der Waals surface area contributed by atoms with Crippen LogP contribution in [-0.2, 0) is 6.42 Å². The lowest BCUT2D eigenvalue weighted by molar-refractivity contribution is 0.493. The van der Waals surface area contributed by atoms with Crippen LogP contribution in [0.4, 0.5) is 0 Å². The quantitative estimate of drug-likeness (QED) is 0.500. The average molecular weight is 299 g/mol. The van der Waals surface area contributed by atoms with Crippen molar-refractivity contribution in [1.29, 1.82) is 0 Å². The fourth-order valence-corrected chi connectivity index (χ4v) is 3.19. The molecule has 1 nitrogen and oxygen atoms in total. The predicted octanol–water partition coefficient (Wildman–Crippen LogP) is 5.95. The maximum Gasteiger partial charge on any atom is 0.250 e. The van der Waals surface area contributed by atoms with Gasteiger partial charge in [0.05, 0.1) is 0 Å². The molecule has 0 saturated carbocycles. The highest BCUT2D eigenvalue weighted by Gasteiger charge is 2.39. The van der Waals surface area contributed by atoms with E-state index >= 15 is 0 Å². The van der Waals surface area contributed by atoms with E-state index in [9.17, 15) is 0 Å². The molecule has 2 heteroatoms. The molecule has 112 valence electrons. The van der Waals surface area contributed by atoms with Crippen LogP contribution < -0.4 is 4.43 Å². The molecule has 2 aromatic rings. The van der Waals surface area contributed by atoms with Crippen LogP contribution in [-0.4, -0.2) is 8.32 Å². The molecule has 0 amide bonds. The van der Waals surface area contributed by atoms with Gasteiger partial charge < -0.3 is 4.43 Å². The third-order valence-electron chi connectivity index (χ3n) is 4.49. The van der Waals surface area contributed by atoms with Crippen molar-refractivity contribution in [2.75, 3.05) is 0 Å². The second-order valence-corrected chi connectivity index (χ2v) is 11.9. The van der Waals surface area contributed by atoms with Crippen LogP contribution in [0.15, 0.2) is 49.1 Å². The van der Waals surface area contributed by atoms with E-state index in [-0.39, 0.29) is 5.04 Å². The van der Waals surface area contributed by atoms with Crippen LogP contribution in [0.5, 0.6) is 5.75 Å². The molecular weight excluding hydrogens is 272 g/mol. The Morgan fingerprint density at radius 3 is 2.38 bits per heavy atom. The normalized spacial score (nSPS) is 12.4. The number of fused-ring (bicyclic) bond motifs is 1. The van der Waals surface area contributed by atoms with Crippen molar-refractivity contribution in [3.63, 3.8) is 0 Å². The largest absolute Gasteiger partial charge is 0.543 e. The molecule has 0 bridgehead atoms. The Hall–Kier alpha value is -1.54. The maximum atomic E-state index is 6.65. The first-order valence-corrected chi connectivity index (χ1v) is 10.5. The molecule has 0 atom stereocenters. The van der Waals surface area contributed by atoms with Crippen molar-refractivity contribution < 1.29 is 4.43 Å². The minimum Gasteiger partial charge on any atom is -0.543 e. The molecule has 21 heavy (non-hydrogen) atoms. The molecule has 0 unspecified atom stereocenters. The minimum absolute atomic E-state index is 0.190. The zero-order valence-corrected chi connectivity index (χ0v) is 14.9. The van der Waals surface area contributed by atoms with Crippen LogP contribution in [0, 0.1) is 0 Å². The fourth-order valence-electron chi connectivity index (χ4n) is 2.13. The van der Waals surface area contributed by atoms with Crippen molar-refractivity contribution in [3.05, 3.63) is 54.6 Å². The Kier molecular flexibility index (Phi) is 4.29. The van der Waals surface area contributed by atoms with Crippen LogP contribution in [0.25, 0.3) is 10.8 Å². The topological polar surface area (TPSA) is 9.23 Å². The molecular formula is C19H26OSi. The summed E-state index contributed by atoms with van der Waals surface area (Å²) >= 11 is 0. The maximum absolute atomic E-state index is 6.65. The molecule has 0 radical (unpaired) electrons. The zero-order chi connectivity index (χ0) is 15.7. The first-order chi connectivity index (χ1) is 9.76. The summed E-state index contributed by atoms with van der Waals surface area (Å²) < 4.78 is 6.65. The number of hydrogen-bond donors (Lipinski definition) is 0. The Morgan fingerprint density at radius 1 is 1.10 bits per heavy atom. The number of rotatable bonds is 4. The summed E-state index contributed by atoms with van der Waals surface area (Å²) in [7, 11) is -1.86. The van der Waals surface area contributed by atoms with Gasteiger partial charge in [-0.25, -0.2) is 0 Å². The van der Waals surface area contributed by atoms with Gasteiger partial charge in [0, 0.05) is 5.39 Å². The van der Waals surface area contributed by atoms with E-state index in [1.165, 1.54) is 16.3 Å². The molecule has 0 aromatic heterocycles. The van der Waals surface area contributed by atoms with E-state index in [0.717, 1.165) is 12.2 Å². The third kappa shape index (κ3) is 3.21. The molecule has 2 rings (SSSR count). The average Bonchev–Trinajstić information content (AvgIpc) is 2.40. The molecule has 2 aromatic carbocycles. The lowest BCUT2D eigenvalue weighted by Crippen LogP contribution is -2.44. The second kappa shape index (κ2) is 5.68. The highest BCUT2D eigenvalue weighted by atomic mass is 28.4. The summed E-state index contributed by atoms with van der Waals surface area (Å²) in [6.45, 7) is 15.3. The monoisotopic (exact) mass is 298 g/mol. The molecule has 0 fully saturated rings. The second-order valence-electron chi connectivity index (χ2n) is 7.13. The molecule has 0 aliphatic heterocycles. The molecule has 0 aliphatic rings. The minimum atomic E-state index is -1.86. The van der Waals surface area contributed by atoms with Crippen LogP contribution in [0.1, 0.15) is 26.3 Å². The molecule has 0 aliphatic carbocycles. The van der Waals surface area contributed by atoms with Gasteiger partial charge in [0.25, 0.3) is 8.32 Å². The van der Waals surface area contributed by atoms with E-state index in [0.29, 0.717) is 0 Å². The zero-order valence-electron chi connectivity index (χ0n) is 13.9. The van der Waals surface area contributed by atoms with E-state index < -0.39 is 8.32 Å². The molecule has 0 N–H and O–H groups in total. The summed E-state index contributed by atoms with van der Waals surface area (Å²) in [5.74, 6) is 1.06. The smallest absolute Gasteiger partial charge is 0.250 e. The first kappa shape index (κ1) is 15.8. The Labute approximate surface area is 129 Å². The van der Waals surface area contributed by atoms with Gasteiger partial charge in [0.1, 0.15) is 5.75 Å². The first-order valence-electron chi connectivity index (χ1n) is 7.57. The SMILES string of the molecule is C=CCc1ccc2ccccc2c1O[Si](C)(C)C(C)(C)C. The Morgan fingerprint density at radius 2 is 1.76 bits per heavy atom. The summed E-state index contributed by atoms with van der Waals surface area (Å²) in [5, 5.41) is 2.63. The van der Waals surface area contributed by atoms with Gasteiger partial charge in [-0.2, -0.15) is 0 Å². The highest BCUT2D eigenvalue weighted by molar-refractivity contribution is 6.74. The van der Waals surface area contributed by atoms with E-state index in [4.69, 9.17) is 4.43 Å². The van der Waals surface area contributed by atoms with E-state index in [2.05, 4.69) is 76.8 Å². The van der Waals surface area contributed by atoms with Crippen molar-refractivity contribution in [1.82, 2.24) is 0 Å². The van der Waals surface area contributed by atoms with Gasteiger partial charge in [-0.3, -0.25) is 0 Å². The van der Waals surface area contributed by atoms with Gasteiger partial charge in [0.2, 0.25) is 0 Å². The fraction of sp³-hybridized carbons (Fsp3) is 0.368. The lowest BCUT2D eigenvalue weighted by atomic mass is 10.0. The van der Waals surface area contributed by atoms with Crippen molar-refractivity contribution in [2.24, 2.45) is 0 Å². The van der Waals surface area contributed by atoms with Crippen LogP contribution in [0.2, 0.25) is 18.1 Å². The van der Waals surface area contributed by atoms with Gasteiger partial charge in [-0.15, -0.1) is 6.58 Å². The van der Waals surface area contributed by atoms with Crippen molar-refractivity contribution >= 4 is 19.1 Å². The summed E-state index contributed by atoms with van der Waals surface area (Å²) in [6, 6.07) is 12.8. The van der Waals surface area contributed by atoms with Crippen LogP contribution in [0.3, 0.4) is 0 Å². The highest BCUT2D eigenvalue weighted by Crippen LogP contribution is 2.40. The molecule has 0 spiro atoms. The Bertz CT molecular complexity index is 650. The van der Waals surface area contributed by atoms with Gasteiger partial charge in [-0.1, -0.05) is 63.2 Å². The molecule has 0 heterocycles. The van der Waals surface area contributed by atoms with Gasteiger partial charge in [-0.05, 0) is 35.5 Å². The lowest BCUT2D eigenvalue weighted by Gasteiger charge is -2.37. The number of allylic oxidation sites excluding steroid dienone is 1. The van der Waals surface area contributed by atoms with E-state index in [1.807, 2.05) is 6.08 Å². The van der Waals surface area contributed by atoms with Crippen molar-refractivity contribution in [2.45, 2.75) is 45.3 Å². The van der Waals surface area contributed by atoms with Gasteiger partial charge in [0.15, 0.2) is 0 Å². The Balaban J connectivity index is 2.59. The number of hydrogen-bond acceptors (Lipinski definition) is 1. The predicted molar refractivity (Wildman–Crippen MR) is 95.7 cm³/mol. The summed E-state index contributed by atoms with van der Waals surface area (Å²) in [4.78, 5) is 0. The summed E-state index contributed by atoms with van der Waals surface area (Å²) in [5.41, 5.74) is 1.23. The number of benzene rings is 2. The van der Waals surface area contributed by atoms with Crippen LogP contribution >= 0.6 is 0 Å². The standard InChI is InChI=1S/C19H26OSi/c1-7-10-16-14-13-15-11-8-9-12-17(15)18(16)20-21(5,6)19(2,3)4/h7-9,11-14H,1,10H2,2-6H3. The van der Waals surface area contributed by atoms with Gasteiger partial charge >= 0.3 is 0 Å². The summed E-state index contributed by atoms with van der Waals surface area (Å²) in [6.07, 6.45) is 2.79. The molecule has 0 saturated heterocycles.